The maximum Gasteiger partial charge on any atom is 0.261 e. The zero-order valence-corrected chi connectivity index (χ0v) is 17.9. The number of aryl methyl sites for hydroxylation is 1. The van der Waals surface area contributed by atoms with Crippen molar-refractivity contribution in [3.05, 3.63) is 65.7 Å². The highest BCUT2D eigenvalue weighted by atomic mass is 16.5. The van der Waals surface area contributed by atoms with Gasteiger partial charge >= 0.3 is 0 Å². The topological polar surface area (TPSA) is 58.6 Å². The van der Waals surface area contributed by atoms with Crippen LogP contribution in [0.1, 0.15) is 38.3 Å². The van der Waals surface area contributed by atoms with Gasteiger partial charge in [-0.05, 0) is 51.3 Å². The van der Waals surface area contributed by atoms with Crippen LogP contribution in [0, 0.1) is 6.92 Å². The number of ether oxygens (including phenoxy) is 1. The molecule has 0 radical (unpaired) electrons. The van der Waals surface area contributed by atoms with Gasteiger partial charge in [0.15, 0.2) is 6.61 Å². The molecule has 0 spiro atoms. The number of nitrogens with zero attached hydrogens (tertiary/aromatic N) is 1. The molecule has 0 aliphatic rings. The first kappa shape index (κ1) is 22.5. The molecule has 2 aromatic rings. The molecule has 2 aromatic carbocycles. The van der Waals surface area contributed by atoms with E-state index >= 15 is 0 Å². The van der Waals surface area contributed by atoms with E-state index in [1.54, 1.807) is 11.8 Å². The molecule has 2 rings (SSSR count). The Hall–Kier alpha value is -2.82. The van der Waals surface area contributed by atoms with E-state index < -0.39 is 6.04 Å². The van der Waals surface area contributed by atoms with Crippen LogP contribution in [-0.4, -0.2) is 41.9 Å². The molecule has 0 aliphatic heterocycles. The highest BCUT2D eigenvalue weighted by molar-refractivity contribution is 5.88. The van der Waals surface area contributed by atoms with E-state index in [4.69, 9.17) is 4.74 Å². The number of hydrogen-bond acceptors (Lipinski definition) is 3. The normalized spacial score (nSPS) is 12.7. The molecule has 2 amide bonds. The monoisotopic (exact) mass is 396 g/mol. The van der Waals surface area contributed by atoms with Crippen molar-refractivity contribution in [2.75, 3.05) is 13.2 Å². The molecule has 29 heavy (non-hydrogen) atoms. The van der Waals surface area contributed by atoms with Gasteiger partial charge in [-0.1, -0.05) is 55.0 Å². The lowest BCUT2D eigenvalue weighted by Crippen LogP contribution is -2.51. The molecule has 5 heteroatoms. The minimum Gasteiger partial charge on any atom is -0.484 e. The fourth-order valence-corrected chi connectivity index (χ4v) is 2.90. The summed E-state index contributed by atoms with van der Waals surface area (Å²) in [4.78, 5) is 27.2. The van der Waals surface area contributed by atoms with Crippen molar-refractivity contribution >= 4 is 11.8 Å². The van der Waals surface area contributed by atoms with Crippen molar-refractivity contribution in [2.45, 2.75) is 52.6 Å². The Morgan fingerprint density at radius 2 is 1.69 bits per heavy atom. The third-order valence-corrected chi connectivity index (χ3v) is 5.04. The summed E-state index contributed by atoms with van der Waals surface area (Å²) < 4.78 is 5.67. The van der Waals surface area contributed by atoms with Crippen molar-refractivity contribution in [1.29, 1.82) is 0 Å². The van der Waals surface area contributed by atoms with E-state index in [9.17, 15) is 9.59 Å². The first-order chi connectivity index (χ1) is 13.9. The maximum absolute atomic E-state index is 12.9. The predicted octanol–water partition coefficient (Wildman–Crippen LogP) is 3.75. The van der Waals surface area contributed by atoms with Gasteiger partial charge in [-0.15, -0.1) is 0 Å². The third-order valence-electron chi connectivity index (χ3n) is 5.04. The molecule has 0 aliphatic carbocycles. The number of hydrogen-bond donors (Lipinski definition) is 1. The van der Waals surface area contributed by atoms with E-state index in [1.807, 2.05) is 75.4 Å². The lowest BCUT2D eigenvalue weighted by Gasteiger charge is -2.29. The van der Waals surface area contributed by atoms with Crippen LogP contribution in [0.2, 0.25) is 0 Å². The summed E-state index contributed by atoms with van der Waals surface area (Å²) in [7, 11) is 0. The van der Waals surface area contributed by atoms with Gasteiger partial charge in [0.1, 0.15) is 11.8 Å². The molecule has 0 bridgehead atoms. The standard InChI is InChI=1S/C24H32N2O3/c1-5-19(3)25-24(28)20(4)26(16-15-21-9-7-6-8-10-21)23(27)17-29-22-13-11-18(2)12-14-22/h6-14,19-20H,5,15-17H2,1-4H3,(H,25,28)/t19-,20-/m0/s1. The van der Waals surface area contributed by atoms with Gasteiger partial charge in [-0.25, -0.2) is 0 Å². The molecule has 0 unspecified atom stereocenters. The van der Waals surface area contributed by atoms with Gasteiger partial charge in [0.25, 0.3) is 5.91 Å². The van der Waals surface area contributed by atoms with Gasteiger partial charge in [-0.3, -0.25) is 9.59 Å². The van der Waals surface area contributed by atoms with E-state index in [0.717, 1.165) is 17.5 Å². The van der Waals surface area contributed by atoms with Crippen molar-refractivity contribution < 1.29 is 14.3 Å². The molecule has 5 nitrogen and oxygen atoms in total. The van der Waals surface area contributed by atoms with Gasteiger partial charge in [0, 0.05) is 12.6 Å². The van der Waals surface area contributed by atoms with Crippen LogP contribution in [0.4, 0.5) is 0 Å². The number of amides is 2. The largest absolute Gasteiger partial charge is 0.484 e. The van der Waals surface area contributed by atoms with Crippen LogP contribution in [-0.2, 0) is 16.0 Å². The van der Waals surface area contributed by atoms with Crippen molar-refractivity contribution in [3.8, 4) is 5.75 Å². The Morgan fingerprint density at radius 3 is 2.31 bits per heavy atom. The van der Waals surface area contributed by atoms with Crippen LogP contribution in [0.15, 0.2) is 54.6 Å². The molecule has 1 N–H and O–H groups in total. The number of nitrogens with one attached hydrogen (secondary N) is 1. The van der Waals surface area contributed by atoms with E-state index in [1.165, 1.54) is 0 Å². The van der Waals surface area contributed by atoms with Crippen LogP contribution in [0.3, 0.4) is 0 Å². The van der Waals surface area contributed by atoms with Crippen LogP contribution in [0.25, 0.3) is 0 Å². The lowest BCUT2D eigenvalue weighted by molar-refractivity contribution is -0.141. The summed E-state index contributed by atoms with van der Waals surface area (Å²) >= 11 is 0. The zero-order chi connectivity index (χ0) is 21.2. The quantitative estimate of drug-likeness (QED) is 0.665. The van der Waals surface area contributed by atoms with Crippen LogP contribution >= 0.6 is 0 Å². The van der Waals surface area contributed by atoms with E-state index in [2.05, 4.69) is 5.32 Å². The summed E-state index contributed by atoms with van der Waals surface area (Å²) in [5, 5.41) is 2.97. The van der Waals surface area contributed by atoms with Crippen molar-refractivity contribution in [1.82, 2.24) is 10.2 Å². The van der Waals surface area contributed by atoms with Gasteiger partial charge in [0.2, 0.25) is 5.91 Å². The van der Waals surface area contributed by atoms with Crippen LogP contribution < -0.4 is 10.1 Å². The highest BCUT2D eigenvalue weighted by Crippen LogP contribution is 2.13. The molecule has 0 heterocycles. The van der Waals surface area contributed by atoms with E-state index in [0.29, 0.717) is 18.7 Å². The maximum atomic E-state index is 12.9. The molecule has 0 fully saturated rings. The number of rotatable bonds is 10. The Balaban J connectivity index is 2.05. The third kappa shape index (κ3) is 7.26. The van der Waals surface area contributed by atoms with Gasteiger partial charge in [-0.2, -0.15) is 0 Å². The molecule has 0 aromatic heterocycles. The lowest BCUT2D eigenvalue weighted by atomic mass is 10.1. The molecule has 156 valence electrons. The molecular formula is C24H32N2O3. The Labute approximate surface area is 174 Å². The fourth-order valence-electron chi connectivity index (χ4n) is 2.90. The number of benzene rings is 2. The fraction of sp³-hybridized carbons (Fsp3) is 0.417. The Kier molecular flexibility index (Phi) is 8.71. The second-order valence-electron chi connectivity index (χ2n) is 7.42. The van der Waals surface area contributed by atoms with Crippen molar-refractivity contribution in [3.63, 3.8) is 0 Å². The smallest absolute Gasteiger partial charge is 0.261 e. The molecular weight excluding hydrogens is 364 g/mol. The second kappa shape index (κ2) is 11.2. The summed E-state index contributed by atoms with van der Waals surface area (Å²) in [6.07, 6.45) is 1.52. The number of carbonyl (C=O) groups is 2. The average Bonchev–Trinajstić information content (AvgIpc) is 2.73. The summed E-state index contributed by atoms with van der Waals surface area (Å²) in [6.45, 7) is 8.10. The first-order valence-corrected chi connectivity index (χ1v) is 10.2. The summed E-state index contributed by atoms with van der Waals surface area (Å²) in [6, 6.07) is 17.0. The van der Waals surface area contributed by atoms with Gasteiger partial charge < -0.3 is 15.0 Å². The Morgan fingerprint density at radius 1 is 1.03 bits per heavy atom. The van der Waals surface area contributed by atoms with E-state index in [-0.39, 0.29) is 24.5 Å². The predicted molar refractivity (Wildman–Crippen MR) is 116 cm³/mol. The minimum absolute atomic E-state index is 0.0693. The molecule has 0 saturated carbocycles. The average molecular weight is 397 g/mol. The SMILES string of the molecule is CC[C@H](C)NC(=O)[C@H](C)N(CCc1ccccc1)C(=O)COc1ccc(C)cc1. The first-order valence-electron chi connectivity index (χ1n) is 10.2. The Bertz CT molecular complexity index is 774. The second-order valence-corrected chi connectivity index (χ2v) is 7.42. The molecule has 0 saturated heterocycles. The van der Waals surface area contributed by atoms with Crippen molar-refractivity contribution in [2.24, 2.45) is 0 Å². The van der Waals surface area contributed by atoms with Crippen LogP contribution in [0.5, 0.6) is 5.75 Å². The highest BCUT2D eigenvalue weighted by Gasteiger charge is 2.26. The summed E-state index contributed by atoms with van der Waals surface area (Å²) in [5.41, 5.74) is 2.25. The summed E-state index contributed by atoms with van der Waals surface area (Å²) in [5.74, 6) is 0.299. The zero-order valence-electron chi connectivity index (χ0n) is 17.9. The molecule has 2 atom stereocenters. The van der Waals surface area contributed by atoms with Gasteiger partial charge in [0.05, 0.1) is 0 Å². The number of carbonyl (C=O) groups excluding carboxylic acids is 2. The minimum atomic E-state index is -0.568.